The first-order valence-corrected chi connectivity index (χ1v) is 9.45. The fraction of sp³-hybridized carbons (Fsp3) is 0.632. The Balaban J connectivity index is 1.46. The first kappa shape index (κ1) is 17.7. The molecule has 3 amide bonds. The number of carbonyl (C=O) groups excluding carboxylic acids is 2. The highest BCUT2D eigenvalue weighted by Gasteiger charge is 2.29. The van der Waals surface area contributed by atoms with E-state index in [9.17, 15) is 9.59 Å². The molecule has 2 heterocycles. The molecule has 2 aliphatic rings. The Labute approximate surface area is 149 Å². The van der Waals surface area contributed by atoms with E-state index in [0.717, 1.165) is 31.4 Å². The van der Waals surface area contributed by atoms with Gasteiger partial charge in [0.15, 0.2) is 0 Å². The van der Waals surface area contributed by atoms with Gasteiger partial charge in [0.05, 0.1) is 18.2 Å². The van der Waals surface area contributed by atoms with Crippen LogP contribution in [0.2, 0.25) is 0 Å². The summed E-state index contributed by atoms with van der Waals surface area (Å²) in [6, 6.07) is 5.86. The van der Waals surface area contributed by atoms with Crippen molar-refractivity contribution in [3.8, 4) is 0 Å². The fourth-order valence-corrected chi connectivity index (χ4v) is 3.72. The molecule has 6 heteroatoms. The molecule has 1 saturated heterocycles. The molecule has 2 fully saturated rings. The summed E-state index contributed by atoms with van der Waals surface area (Å²) in [7, 11) is 0. The normalized spacial score (nSPS) is 21.6. The summed E-state index contributed by atoms with van der Waals surface area (Å²) in [4.78, 5) is 30.9. The summed E-state index contributed by atoms with van der Waals surface area (Å²) in [5.74, 6) is 0.0328. The molecule has 0 aromatic carbocycles. The number of rotatable bonds is 4. The Kier molecular flexibility index (Phi) is 6.25. The molecule has 2 N–H and O–H groups in total. The van der Waals surface area contributed by atoms with Gasteiger partial charge in [0.1, 0.15) is 0 Å². The van der Waals surface area contributed by atoms with Gasteiger partial charge < -0.3 is 15.5 Å². The Morgan fingerprint density at radius 1 is 1.12 bits per heavy atom. The van der Waals surface area contributed by atoms with Crippen LogP contribution in [0.25, 0.3) is 0 Å². The highest BCUT2D eigenvalue weighted by molar-refractivity contribution is 5.81. The molecular weight excluding hydrogens is 316 g/mol. The molecule has 1 aromatic heterocycles. The maximum Gasteiger partial charge on any atom is 0.317 e. The summed E-state index contributed by atoms with van der Waals surface area (Å²) < 4.78 is 0. The van der Waals surface area contributed by atoms with Crippen LogP contribution in [0.3, 0.4) is 0 Å². The topological polar surface area (TPSA) is 74.3 Å². The van der Waals surface area contributed by atoms with Gasteiger partial charge in [-0.25, -0.2) is 4.79 Å². The number of hydrogen-bond acceptors (Lipinski definition) is 3. The van der Waals surface area contributed by atoms with Gasteiger partial charge in [0.25, 0.3) is 0 Å². The predicted molar refractivity (Wildman–Crippen MR) is 95.8 cm³/mol. The molecule has 136 valence electrons. The molecular formula is C19H28N4O2. The number of carbonyl (C=O) groups is 2. The first-order chi connectivity index (χ1) is 12.2. The minimum atomic E-state index is -0.110. The van der Waals surface area contributed by atoms with E-state index in [2.05, 4.69) is 15.6 Å². The Bertz CT molecular complexity index is 572. The van der Waals surface area contributed by atoms with E-state index in [-0.39, 0.29) is 17.9 Å². The van der Waals surface area contributed by atoms with Crippen molar-refractivity contribution in [3.05, 3.63) is 30.1 Å². The van der Waals surface area contributed by atoms with Gasteiger partial charge in [-0.05, 0) is 37.8 Å². The van der Waals surface area contributed by atoms with Crippen LogP contribution in [0.4, 0.5) is 4.79 Å². The van der Waals surface area contributed by atoms with Crippen molar-refractivity contribution < 1.29 is 9.59 Å². The number of aromatic nitrogens is 1. The molecule has 6 nitrogen and oxygen atoms in total. The zero-order valence-electron chi connectivity index (χ0n) is 14.7. The summed E-state index contributed by atoms with van der Waals surface area (Å²) in [6.07, 6.45) is 9.32. The van der Waals surface area contributed by atoms with Crippen LogP contribution in [0.5, 0.6) is 0 Å². The van der Waals surface area contributed by atoms with Gasteiger partial charge >= 0.3 is 6.03 Å². The standard InChI is InChI=1S/C19H28N4O2/c24-18(22-16-8-2-1-3-9-16)15-7-6-12-23(14-15)19(25)21-13-17-10-4-5-11-20-17/h4-5,10-11,15-16H,1-3,6-9,12-14H2,(H,21,25)(H,22,24)/t15-/m0/s1. The lowest BCUT2D eigenvalue weighted by Crippen LogP contribution is -2.50. The number of nitrogens with zero attached hydrogens (tertiary/aromatic N) is 2. The number of amides is 3. The van der Waals surface area contributed by atoms with Gasteiger partial charge in [0.2, 0.25) is 5.91 Å². The largest absolute Gasteiger partial charge is 0.353 e. The molecule has 1 aliphatic carbocycles. The average Bonchev–Trinajstić information content (AvgIpc) is 2.68. The Morgan fingerprint density at radius 2 is 1.96 bits per heavy atom. The molecule has 1 atom stereocenters. The highest BCUT2D eigenvalue weighted by Crippen LogP contribution is 2.20. The Morgan fingerprint density at radius 3 is 2.72 bits per heavy atom. The number of urea groups is 1. The van der Waals surface area contributed by atoms with Gasteiger partial charge in [-0.15, -0.1) is 0 Å². The molecule has 3 rings (SSSR count). The van der Waals surface area contributed by atoms with Gasteiger partial charge in [-0.3, -0.25) is 9.78 Å². The summed E-state index contributed by atoms with van der Waals surface area (Å²) in [5.41, 5.74) is 0.833. The minimum absolute atomic E-state index is 0.0868. The molecule has 1 saturated carbocycles. The lowest BCUT2D eigenvalue weighted by molar-refractivity contribution is -0.127. The van der Waals surface area contributed by atoms with E-state index in [1.807, 2.05) is 18.2 Å². The van der Waals surface area contributed by atoms with Gasteiger partial charge in [-0.1, -0.05) is 25.3 Å². The zero-order chi connectivity index (χ0) is 17.5. The Hall–Kier alpha value is -2.11. The monoisotopic (exact) mass is 344 g/mol. The second-order valence-electron chi connectivity index (χ2n) is 7.11. The van der Waals surface area contributed by atoms with Crippen molar-refractivity contribution in [1.82, 2.24) is 20.5 Å². The van der Waals surface area contributed by atoms with Crippen LogP contribution in [0.1, 0.15) is 50.6 Å². The third-order valence-corrected chi connectivity index (χ3v) is 5.18. The maximum absolute atomic E-state index is 12.5. The van der Waals surface area contributed by atoms with Crippen molar-refractivity contribution in [1.29, 1.82) is 0 Å². The van der Waals surface area contributed by atoms with Crippen molar-refractivity contribution >= 4 is 11.9 Å². The lowest BCUT2D eigenvalue weighted by Gasteiger charge is -2.33. The molecule has 0 bridgehead atoms. The van der Waals surface area contributed by atoms with Crippen LogP contribution in [0, 0.1) is 5.92 Å². The second kappa shape index (κ2) is 8.83. The van der Waals surface area contributed by atoms with Crippen LogP contribution < -0.4 is 10.6 Å². The van der Waals surface area contributed by atoms with Crippen molar-refractivity contribution in [2.24, 2.45) is 5.92 Å². The first-order valence-electron chi connectivity index (χ1n) is 9.45. The number of likely N-dealkylation sites (tertiary alicyclic amines) is 1. The third kappa shape index (κ3) is 5.18. The molecule has 0 spiro atoms. The van der Waals surface area contributed by atoms with Crippen LogP contribution in [-0.4, -0.2) is 41.0 Å². The van der Waals surface area contributed by atoms with Crippen LogP contribution in [0.15, 0.2) is 24.4 Å². The third-order valence-electron chi connectivity index (χ3n) is 5.18. The predicted octanol–water partition coefficient (Wildman–Crippen LogP) is 2.45. The van der Waals surface area contributed by atoms with E-state index in [1.165, 1.54) is 19.3 Å². The summed E-state index contributed by atoms with van der Waals surface area (Å²) in [5, 5.41) is 6.10. The molecule has 25 heavy (non-hydrogen) atoms. The lowest BCUT2D eigenvalue weighted by atomic mass is 9.93. The van der Waals surface area contributed by atoms with Gasteiger partial charge in [0, 0.05) is 25.3 Å². The molecule has 0 radical (unpaired) electrons. The SMILES string of the molecule is O=C(NC1CCCCC1)[C@H]1CCCN(C(=O)NCc2ccccn2)C1. The minimum Gasteiger partial charge on any atom is -0.353 e. The number of nitrogens with one attached hydrogen (secondary N) is 2. The van der Waals surface area contributed by atoms with Crippen LogP contribution in [-0.2, 0) is 11.3 Å². The second-order valence-corrected chi connectivity index (χ2v) is 7.11. The van der Waals surface area contributed by atoms with Gasteiger partial charge in [-0.2, -0.15) is 0 Å². The number of hydrogen-bond donors (Lipinski definition) is 2. The maximum atomic E-state index is 12.5. The van der Waals surface area contributed by atoms with E-state index < -0.39 is 0 Å². The fourth-order valence-electron chi connectivity index (χ4n) is 3.72. The number of piperidine rings is 1. The number of pyridine rings is 1. The van der Waals surface area contributed by atoms with E-state index in [1.54, 1.807) is 11.1 Å². The summed E-state index contributed by atoms with van der Waals surface area (Å²) >= 11 is 0. The zero-order valence-corrected chi connectivity index (χ0v) is 14.7. The van der Waals surface area contributed by atoms with Crippen molar-refractivity contribution in [2.45, 2.75) is 57.5 Å². The smallest absolute Gasteiger partial charge is 0.317 e. The quantitative estimate of drug-likeness (QED) is 0.881. The molecule has 1 aromatic rings. The van der Waals surface area contributed by atoms with E-state index >= 15 is 0 Å². The highest BCUT2D eigenvalue weighted by atomic mass is 16.2. The van der Waals surface area contributed by atoms with E-state index in [0.29, 0.717) is 25.7 Å². The molecule has 1 aliphatic heterocycles. The van der Waals surface area contributed by atoms with E-state index in [4.69, 9.17) is 0 Å². The van der Waals surface area contributed by atoms with Crippen molar-refractivity contribution in [3.63, 3.8) is 0 Å². The summed E-state index contributed by atoms with van der Waals surface area (Å²) in [6.45, 7) is 1.63. The van der Waals surface area contributed by atoms with Crippen LogP contribution >= 0.6 is 0 Å². The molecule has 0 unspecified atom stereocenters. The van der Waals surface area contributed by atoms with Crippen molar-refractivity contribution in [2.75, 3.05) is 13.1 Å². The average molecular weight is 344 g/mol.